The van der Waals surface area contributed by atoms with Gasteiger partial charge >= 0.3 is 0 Å². The van der Waals surface area contributed by atoms with E-state index in [9.17, 15) is 0 Å². The first-order valence-electron chi connectivity index (χ1n) is 6.29. The van der Waals surface area contributed by atoms with Crippen LogP contribution in [0.25, 0.3) is 0 Å². The molecule has 2 rings (SSSR count). The minimum Gasteiger partial charge on any atom is -0.330 e. The number of likely N-dealkylation sites (tertiary alicyclic amines) is 1. The predicted molar refractivity (Wildman–Crippen MR) is 83.2 cm³/mol. The maximum Gasteiger partial charge on any atom is 0.0237 e. The summed E-state index contributed by atoms with van der Waals surface area (Å²) in [5, 5.41) is 0. The third-order valence-electron chi connectivity index (χ3n) is 3.75. The van der Waals surface area contributed by atoms with Crippen molar-refractivity contribution in [3.05, 3.63) is 33.8 Å². The number of hydrogen-bond acceptors (Lipinski definition) is 2. The Hall–Kier alpha value is -0.0900. The monoisotopic (exact) mass is 332 g/mol. The van der Waals surface area contributed by atoms with Gasteiger partial charge in [0.2, 0.25) is 0 Å². The Morgan fingerprint density at radius 3 is 2.72 bits per heavy atom. The van der Waals surface area contributed by atoms with E-state index >= 15 is 0 Å². The van der Waals surface area contributed by atoms with Gasteiger partial charge < -0.3 is 5.73 Å². The van der Waals surface area contributed by atoms with E-state index in [-0.39, 0.29) is 12.4 Å². The molecule has 1 aromatic rings. The van der Waals surface area contributed by atoms with Crippen molar-refractivity contribution in [3.8, 4) is 0 Å². The molecule has 1 saturated heterocycles. The molecule has 1 heterocycles. The van der Waals surface area contributed by atoms with Crippen LogP contribution >= 0.6 is 28.3 Å². The van der Waals surface area contributed by atoms with Crippen molar-refractivity contribution < 1.29 is 0 Å². The molecule has 2 N–H and O–H groups in total. The zero-order valence-electron chi connectivity index (χ0n) is 11.0. The standard InChI is InChI=1S/C14H21BrN2.ClH/c1-10-3-4-12(6-14(10)15)8-17-9-13(7-16)5-11(17)2;/h3-4,6,11,13H,5,7-9,16H2,1-2H3;1H. The van der Waals surface area contributed by atoms with Gasteiger partial charge in [-0.15, -0.1) is 12.4 Å². The highest BCUT2D eigenvalue weighted by molar-refractivity contribution is 9.10. The summed E-state index contributed by atoms with van der Waals surface area (Å²) in [6.07, 6.45) is 1.24. The van der Waals surface area contributed by atoms with Gasteiger partial charge in [0.05, 0.1) is 0 Å². The molecule has 18 heavy (non-hydrogen) atoms. The number of aryl methyl sites for hydroxylation is 1. The minimum atomic E-state index is 0. The highest BCUT2D eigenvalue weighted by atomic mass is 79.9. The molecule has 4 heteroatoms. The van der Waals surface area contributed by atoms with Gasteiger partial charge in [-0.05, 0) is 49.9 Å². The third kappa shape index (κ3) is 3.70. The molecule has 0 aliphatic carbocycles. The predicted octanol–water partition coefficient (Wildman–Crippen LogP) is 3.35. The van der Waals surface area contributed by atoms with E-state index in [1.165, 1.54) is 22.0 Å². The van der Waals surface area contributed by atoms with Gasteiger partial charge in [0, 0.05) is 23.6 Å². The van der Waals surface area contributed by atoms with Gasteiger partial charge in [-0.1, -0.05) is 28.1 Å². The molecule has 1 aromatic carbocycles. The van der Waals surface area contributed by atoms with Crippen molar-refractivity contribution in [3.63, 3.8) is 0 Å². The summed E-state index contributed by atoms with van der Waals surface area (Å²) in [5.74, 6) is 0.680. The van der Waals surface area contributed by atoms with E-state index in [2.05, 4.69) is 52.9 Å². The minimum absolute atomic E-state index is 0. The van der Waals surface area contributed by atoms with E-state index in [0.717, 1.165) is 19.6 Å². The second-order valence-corrected chi connectivity index (χ2v) is 6.05. The van der Waals surface area contributed by atoms with E-state index in [1.54, 1.807) is 0 Å². The summed E-state index contributed by atoms with van der Waals surface area (Å²) in [6.45, 7) is 7.42. The first-order chi connectivity index (χ1) is 8.10. The fraction of sp³-hybridized carbons (Fsp3) is 0.571. The fourth-order valence-corrected chi connectivity index (χ4v) is 3.00. The summed E-state index contributed by atoms with van der Waals surface area (Å²) in [5.41, 5.74) is 8.44. The topological polar surface area (TPSA) is 29.3 Å². The van der Waals surface area contributed by atoms with Crippen LogP contribution in [0.1, 0.15) is 24.5 Å². The Bertz CT molecular complexity index is 397. The Morgan fingerprint density at radius 1 is 1.44 bits per heavy atom. The molecule has 2 unspecified atom stereocenters. The smallest absolute Gasteiger partial charge is 0.0237 e. The number of halogens is 2. The molecule has 0 spiro atoms. The van der Waals surface area contributed by atoms with Crippen LogP contribution in [0, 0.1) is 12.8 Å². The van der Waals surface area contributed by atoms with Gasteiger partial charge in [0.15, 0.2) is 0 Å². The number of rotatable bonds is 3. The van der Waals surface area contributed by atoms with Gasteiger partial charge in [-0.25, -0.2) is 0 Å². The lowest BCUT2D eigenvalue weighted by Crippen LogP contribution is -2.27. The van der Waals surface area contributed by atoms with E-state index < -0.39 is 0 Å². The summed E-state index contributed by atoms with van der Waals surface area (Å²) in [6, 6.07) is 7.30. The highest BCUT2D eigenvalue weighted by Gasteiger charge is 2.27. The van der Waals surface area contributed by atoms with Crippen LogP contribution in [-0.2, 0) is 6.54 Å². The first kappa shape index (κ1) is 16.0. The lowest BCUT2D eigenvalue weighted by Gasteiger charge is -2.21. The third-order valence-corrected chi connectivity index (χ3v) is 4.60. The lowest BCUT2D eigenvalue weighted by atomic mass is 10.1. The van der Waals surface area contributed by atoms with E-state index in [0.29, 0.717) is 12.0 Å². The molecule has 102 valence electrons. The molecule has 0 aromatic heterocycles. The average molecular weight is 334 g/mol. The van der Waals surface area contributed by atoms with E-state index in [4.69, 9.17) is 5.73 Å². The highest BCUT2D eigenvalue weighted by Crippen LogP contribution is 2.25. The Balaban J connectivity index is 0.00000162. The largest absolute Gasteiger partial charge is 0.330 e. The maximum absolute atomic E-state index is 5.76. The maximum atomic E-state index is 5.76. The lowest BCUT2D eigenvalue weighted by molar-refractivity contribution is 0.256. The van der Waals surface area contributed by atoms with Crippen LogP contribution in [0.5, 0.6) is 0 Å². The van der Waals surface area contributed by atoms with Gasteiger partial charge in [-0.2, -0.15) is 0 Å². The Kier molecular flexibility index (Phi) is 6.12. The van der Waals surface area contributed by atoms with E-state index in [1.807, 2.05) is 0 Å². The SMILES string of the molecule is Cc1ccc(CN2CC(CN)CC2C)cc1Br.Cl. The van der Waals surface area contributed by atoms with Crippen LogP contribution in [0.15, 0.2) is 22.7 Å². The summed E-state index contributed by atoms with van der Waals surface area (Å²) >= 11 is 3.60. The Morgan fingerprint density at radius 2 is 2.17 bits per heavy atom. The number of nitrogens with two attached hydrogens (primary N) is 1. The normalized spacial score (nSPS) is 24.0. The molecule has 0 amide bonds. The van der Waals surface area contributed by atoms with Crippen molar-refractivity contribution in [2.24, 2.45) is 11.7 Å². The van der Waals surface area contributed by atoms with Crippen LogP contribution < -0.4 is 5.73 Å². The zero-order chi connectivity index (χ0) is 12.4. The summed E-state index contributed by atoms with van der Waals surface area (Å²) in [4.78, 5) is 2.54. The molecule has 0 saturated carbocycles. The molecule has 1 fully saturated rings. The van der Waals surface area contributed by atoms with Crippen molar-refractivity contribution in [1.29, 1.82) is 0 Å². The second-order valence-electron chi connectivity index (χ2n) is 5.20. The van der Waals surface area contributed by atoms with Gasteiger partial charge in [-0.3, -0.25) is 4.90 Å². The number of hydrogen-bond donors (Lipinski definition) is 1. The summed E-state index contributed by atoms with van der Waals surface area (Å²) in [7, 11) is 0. The van der Waals surface area contributed by atoms with Gasteiger partial charge in [0.25, 0.3) is 0 Å². The second kappa shape index (κ2) is 6.90. The fourth-order valence-electron chi connectivity index (χ4n) is 2.58. The van der Waals surface area contributed by atoms with Crippen LogP contribution in [-0.4, -0.2) is 24.0 Å². The average Bonchev–Trinajstić information content (AvgIpc) is 2.65. The molecular weight excluding hydrogens is 312 g/mol. The molecule has 1 aliphatic rings. The van der Waals surface area contributed by atoms with Crippen molar-refractivity contribution in [2.45, 2.75) is 32.9 Å². The molecule has 0 radical (unpaired) electrons. The molecular formula is C14H22BrClN2. The van der Waals surface area contributed by atoms with Crippen molar-refractivity contribution in [1.82, 2.24) is 4.90 Å². The molecule has 0 bridgehead atoms. The molecule has 1 aliphatic heterocycles. The molecule has 2 nitrogen and oxygen atoms in total. The van der Waals surface area contributed by atoms with Crippen molar-refractivity contribution >= 4 is 28.3 Å². The Labute approximate surface area is 124 Å². The zero-order valence-corrected chi connectivity index (χ0v) is 13.4. The van der Waals surface area contributed by atoms with Crippen LogP contribution in [0.2, 0.25) is 0 Å². The van der Waals surface area contributed by atoms with Crippen LogP contribution in [0.4, 0.5) is 0 Å². The van der Waals surface area contributed by atoms with Crippen LogP contribution in [0.3, 0.4) is 0 Å². The summed E-state index contributed by atoms with van der Waals surface area (Å²) < 4.78 is 1.21. The van der Waals surface area contributed by atoms with Crippen molar-refractivity contribution in [2.75, 3.05) is 13.1 Å². The number of benzene rings is 1. The quantitative estimate of drug-likeness (QED) is 0.919. The number of nitrogens with zero attached hydrogens (tertiary/aromatic N) is 1. The first-order valence-corrected chi connectivity index (χ1v) is 7.08. The molecule has 2 atom stereocenters. The van der Waals surface area contributed by atoms with Gasteiger partial charge in [0.1, 0.15) is 0 Å².